The van der Waals surface area contributed by atoms with Crippen molar-refractivity contribution in [1.29, 1.82) is 0 Å². The first kappa shape index (κ1) is 14.1. The number of amides is 1. The summed E-state index contributed by atoms with van der Waals surface area (Å²) in [5, 5.41) is 6.13. The first-order valence-electron chi connectivity index (χ1n) is 6.86. The van der Waals surface area contributed by atoms with Crippen molar-refractivity contribution in [3.05, 3.63) is 65.2 Å². The van der Waals surface area contributed by atoms with E-state index in [1.807, 2.05) is 62.4 Å². The molecule has 0 saturated carbocycles. The lowest BCUT2D eigenvalue weighted by molar-refractivity contribution is 0.0951. The Labute approximate surface area is 120 Å². The van der Waals surface area contributed by atoms with Crippen LogP contribution in [0.2, 0.25) is 0 Å². The number of nitrogens with one attached hydrogen (secondary N) is 2. The molecule has 0 aliphatic carbocycles. The summed E-state index contributed by atoms with van der Waals surface area (Å²) < 4.78 is 0. The molecule has 3 heteroatoms. The predicted octanol–water partition coefficient (Wildman–Crippen LogP) is 3.36. The van der Waals surface area contributed by atoms with E-state index in [0.717, 1.165) is 17.8 Å². The van der Waals surface area contributed by atoms with Gasteiger partial charge >= 0.3 is 0 Å². The summed E-state index contributed by atoms with van der Waals surface area (Å²) in [7, 11) is 0. The average molecular weight is 268 g/mol. The normalized spacial score (nSPS) is 10.1. The lowest BCUT2D eigenvalue weighted by Gasteiger charge is -2.07. The van der Waals surface area contributed by atoms with Crippen LogP contribution in [0.25, 0.3) is 0 Å². The maximum atomic E-state index is 12.0. The molecule has 0 radical (unpaired) electrons. The van der Waals surface area contributed by atoms with Gasteiger partial charge in [-0.2, -0.15) is 0 Å². The minimum Gasteiger partial charge on any atom is -0.385 e. The molecule has 0 atom stereocenters. The van der Waals surface area contributed by atoms with Gasteiger partial charge in [0.05, 0.1) is 0 Å². The average Bonchev–Trinajstić information content (AvgIpc) is 2.47. The van der Waals surface area contributed by atoms with Gasteiger partial charge in [0.25, 0.3) is 5.91 Å². The molecule has 0 aliphatic heterocycles. The molecule has 2 aromatic rings. The van der Waals surface area contributed by atoms with Gasteiger partial charge in [0.2, 0.25) is 0 Å². The molecule has 104 valence electrons. The summed E-state index contributed by atoms with van der Waals surface area (Å²) in [6.07, 6.45) is 0. The van der Waals surface area contributed by atoms with Crippen LogP contribution in [0.1, 0.15) is 28.4 Å². The molecular formula is C17H20N2O. The summed E-state index contributed by atoms with van der Waals surface area (Å²) >= 11 is 0. The van der Waals surface area contributed by atoms with Crippen LogP contribution >= 0.6 is 0 Å². The minimum absolute atomic E-state index is 0.0476. The summed E-state index contributed by atoms with van der Waals surface area (Å²) in [4.78, 5) is 12.0. The number of carbonyl (C=O) groups excluding carboxylic acids is 1. The maximum absolute atomic E-state index is 12.0. The van der Waals surface area contributed by atoms with E-state index in [1.165, 1.54) is 5.56 Å². The van der Waals surface area contributed by atoms with Gasteiger partial charge < -0.3 is 10.6 Å². The van der Waals surface area contributed by atoms with Gasteiger partial charge in [0, 0.05) is 24.3 Å². The monoisotopic (exact) mass is 268 g/mol. The second-order valence-corrected chi connectivity index (χ2v) is 4.78. The summed E-state index contributed by atoms with van der Waals surface area (Å²) in [6, 6.07) is 15.7. The molecule has 2 N–H and O–H groups in total. The molecule has 0 heterocycles. The molecule has 0 saturated heterocycles. The van der Waals surface area contributed by atoms with Gasteiger partial charge in [0.1, 0.15) is 0 Å². The summed E-state index contributed by atoms with van der Waals surface area (Å²) in [5.74, 6) is -0.0476. The highest BCUT2D eigenvalue weighted by molar-refractivity contribution is 5.94. The largest absolute Gasteiger partial charge is 0.385 e. The Hall–Kier alpha value is -2.29. The third kappa shape index (κ3) is 3.85. The van der Waals surface area contributed by atoms with E-state index >= 15 is 0 Å². The van der Waals surface area contributed by atoms with Crippen LogP contribution in [-0.2, 0) is 6.54 Å². The number of anilines is 1. The van der Waals surface area contributed by atoms with Crippen molar-refractivity contribution in [2.24, 2.45) is 0 Å². The van der Waals surface area contributed by atoms with E-state index in [-0.39, 0.29) is 5.91 Å². The van der Waals surface area contributed by atoms with Crippen molar-refractivity contribution in [2.75, 3.05) is 11.9 Å². The van der Waals surface area contributed by atoms with E-state index < -0.39 is 0 Å². The highest BCUT2D eigenvalue weighted by atomic mass is 16.1. The Morgan fingerprint density at radius 2 is 1.65 bits per heavy atom. The van der Waals surface area contributed by atoms with Crippen molar-refractivity contribution in [3.63, 3.8) is 0 Å². The first-order chi connectivity index (χ1) is 9.69. The van der Waals surface area contributed by atoms with Crippen LogP contribution in [0.15, 0.2) is 48.5 Å². The predicted molar refractivity (Wildman–Crippen MR) is 83.0 cm³/mol. The number of hydrogen-bond donors (Lipinski definition) is 2. The quantitative estimate of drug-likeness (QED) is 0.873. The van der Waals surface area contributed by atoms with E-state index in [0.29, 0.717) is 12.1 Å². The first-order valence-corrected chi connectivity index (χ1v) is 6.86. The van der Waals surface area contributed by atoms with Crippen molar-refractivity contribution < 1.29 is 4.79 Å². The number of benzene rings is 2. The zero-order valence-corrected chi connectivity index (χ0v) is 11.9. The van der Waals surface area contributed by atoms with Crippen LogP contribution < -0.4 is 10.6 Å². The lowest BCUT2D eigenvalue weighted by Crippen LogP contribution is -2.22. The van der Waals surface area contributed by atoms with E-state index in [4.69, 9.17) is 0 Å². The Morgan fingerprint density at radius 1 is 1.00 bits per heavy atom. The fourth-order valence-electron chi connectivity index (χ4n) is 1.93. The van der Waals surface area contributed by atoms with Gasteiger partial charge in [-0.1, -0.05) is 29.8 Å². The Morgan fingerprint density at radius 3 is 2.25 bits per heavy atom. The van der Waals surface area contributed by atoms with Crippen LogP contribution in [0, 0.1) is 6.92 Å². The van der Waals surface area contributed by atoms with Crippen LogP contribution in [-0.4, -0.2) is 12.5 Å². The Balaban J connectivity index is 1.92. The van der Waals surface area contributed by atoms with E-state index in [1.54, 1.807) is 0 Å². The van der Waals surface area contributed by atoms with Gasteiger partial charge in [-0.05, 0) is 43.7 Å². The third-order valence-corrected chi connectivity index (χ3v) is 3.10. The van der Waals surface area contributed by atoms with Crippen molar-refractivity contribution in [3.8, 4) is 0 Å². The smallest absolute Gasteiger partial charge is 0.251 e. The maximum Gasteiger partial charge on any atom is 0.251 e. The van der Waals surface area contributed by atoms with Gasteiger partial charge in [-0.25, -0.2) is 0 Å². The highest BCUT2D eigenvalue weighted by Crippen LogP contribution is 2.09. The van der Waals surface area contributed by atoms with Crippen molar-refractivity contribution in [2.45, 2.75) is 20.4 Å². The number of aryl methyl sites for hydroxylation is 1. The molecular weight excluding hydrogens is 248 g/mol. The SMILES string of the molecule is CCNc1ccc(C(=O)NCc2ccc(C)cc2)cc1. The van der Waals surface area contributed by atoms with Crippen molar-refractivity contribution >= 4 is 11.6 Å². The molecule has 0 aliphatic rings. The standard InChI is InChI=1S/C17H20N2O/c1-3-18-16-10-8-15(9-11-16)17(20)19-12-14-6-4-13(2)5-7-14/h4-11,18H,3,12H2,1-2H3,(H,19,20). The fourth-order valence-corrected chi connectivity index (χ4v) is 1.93. The molecule has 0 aromatic heterocycles. The third-order valence-electron chi connectivity index (χ3n) is 3.10. The molecule has 0 unspecified atom stereocenters. The van der Waals surface area contributed by atoms with Crippen LogP contribution in [0.5, 0.6) is 0 Å². The highest BCUT2D eigenvalue weighted by Gasteiger charge is 2.04. The minimum atomic E-state index is -0.0476. The zero-order chi connectivity index (χ0) is 14.4. The van der Waals surface area contributed by atoms with Gasteiger partial charge in [-0.15, -0.1) is 0 Å². The molecule has 0 bridgehead atoms. The fraction of sp³-hybridized carbons (Fsp3) is 0.235. The second-order valence-electron chi connectivity index (χ2n) is 4.78. The zero-order valence-electron chi connectivity index (χ0n) is 11.9. The number of rotatable bonds is 5. The number of carbonyl (C=O) groups is 1. The number of hydrogen-bond acceptors (Lipinski definition) is 2. The molecule has 2 aromatic carbocycles. The molecule has 0 spiro atoms. The van der Waals surface area contributed by atoms with E-state index in [2.05, 4.69) is 10.6 Å². The topological polar surface area (TPSA) is 41.1 Å². The second kappa shape index (κ2) is 6.75. The van der Waals surface area contributed by atoms with Gasteiger partial charge in [0.15, 0.2) is 0 Å². The molecule has 1 amide bonds. The summed E-state index contributed by atoms with van der Waals surface area (Å²) in [5.41, 5.74) is 4.04. The van der Waals surface area contributed by atoms with Crippen molar-refractivity contribution in [1.82, 2.24) is 5.32 Å². The molecule has 0 fully saturated rings. The Kier molecular flexibility index (Phi) is 4.77. The van der Waals surface area contributed by atoms with Gasteiger partial charge in [-0.3, -0.25) is 4.79 Å². The van der Waals surface area contributed by atoms with Crippen LogP contribution in [0.4, 0.5) is 5.69 Å². The van der Waals surface area contributed by atoms with Crippen LogP contribution in [0.3, 0.4) is 0 Å². The molecule has 2 rings (SSSR count). The molecule has 3 nitrogen and oxygen atoms in total. The summed E-state index contributed by atoms with van der Waals surface area (Å²) in [6.45, 7) is 5.52. The lowest BCUT2D eigenvalue weighted by atomic mass is 10.1. The van der Waals surface area contributed by atoms with E-state index in [9.17, 15) is 4.79 Å². The Bertz CT molecular complexity index is 559. The molecule has 20 heavy (non-hydrogen) atoms.